The Hall–Kier alpha value is -3.07. The minimum atomic E-state index is -0.542. The van der Waals surface area contributed by atoms with Crippen LogP contribution in [-0.2, 0) is 19.5 Å². The number of aryl methyl sites for hydroxylation is 1. The third-order valence-electron chi connectivity index (χ3n) is 7.63. The average molecular weight is 551 g/mol. The summed E-state index contributed by atoms with van der Waals surface area (Å²) < 4.78 is 1.96. The van der Waals surface area contributed by atoms with Crippen molar-refractivity contribution < 1.29 is 9.90 Å². The van der Waals surface area contributed by atoms with Gasteiger partial charge in [-0.05, 0) is 44.5 Å². The Balaban J connectivity index is 1.28. The lowest BCUT2D eigenvalue weighted by Crippen LogP contribution is -2.49. The zero-order valence-electron chi connectivity index (χ0n) is 23.1. The Labute approximate surface area is 236 Å². The number of piperazine rings is 1. The number of aromatic nitrogens is 2. The fraction of sp³-hybridized carbons (Fsp3) is 0.467. The molecule has 2 amide bonds. The second kappa shape index (κ2) is 12.0. The van der Waals surface area contributed by atoms with Gasteiger partial charge in [-0.2, -0.15) is 5.10 Å². The van der Waals surface area contributed by atoms with Gasteiger partial charge in [0, 0.05) is 79.3 Å². The molecule has 1 unspecified atom stereocenters. The van der Waals surface area contributed by atoms with E-state index in [0.717, 1.165) is 48.7 Å². The molecule has 5 rings (SSSR count). The standard InChI is InChI=1S/C30H39ClN6O2/c1-21(2)32-30(39)36-13-12-28-26(20-36)29(23-8-10-24(31)11-9-23)33-37(28)19-25(38)18-34-14-16-35(17-15-34)27-7-5-4-6-22(27)3/h4-11,21,25,38H,12-20H2,1-3H3,(H,32,39). The smallest absolute Gasteiger partial charge is 0.317 e. The second-order valence-corrected chi connectivity index (χ2v) is 11.4. The van der Waals surface area contributed by atoms with Gasteiger partial charge in [-0.3, -0.25) is 9.58 Å². The highest BCUT2D eigenvalue weighted by atomic mass is 35.5. The van der Waals surface area contributed by atoms with Crippen LogP contribution in [0.5, 0.6) is 0 Å². The molecule has 3 heterocycles. The quantitative estimate of drug-likeness (QED) is 0.462. The molecule has 2 aliphatic heterocycles. The van der Waals surface area contributed by atoms with Crippen LogP contribution in [0.25, 0.3) is 11.3 Å². The maximum absolute atomic E-state index is 12.8. The van der Waals surface area contributed by atoms with E-state index in [1.54, 1.807) is 0 Å². The Morgan fingerprint density at radius 3 is 2.44 bits per heavy atom. The molecular formula is C30H39ClN6O2. The zero-order valence-corrected chi connectivity index (χ0v) is 23.9. The highest BCUT2D eigenvalue weighted by Crippen LogP contribution is 2.31. The summed E-state index contributed by atoms with van der Waals surface area (Å²) in [6, 6.07) is 16.2. The number of aliphatic hydroxyl groups is 1. The number of fused-ring (bicyclic) bond motifs is 1. The average Bonchev–Trinajstić information content (AvgIpc) is 3.27. The van der Waals surface area contributed by atoms with Crippen molar-refractivity contribution >= 4 is 23.3 Å². The molecule has 2 aliphatic rings. The summed E-state index contributed by atoms with van der Waals surface area (Å²) in [7, 11) is 0. The van der Waals surface area contributed by atoms with Crippen molar-refractivity contribution in [2.24, 2.45) is 0 Å². The molecule has 0 bridgehead atoms. The fourth-order valence-electron chi connectivity index (χ4n) is 5.64. The summed E-state index contributed by atoms with van der Waals surface area (Å²) >= 11 is 6.15. The van der Waals surface area contributed by atoms with Gasteiger partial charge in [0.1, 0.15) is 0 Å². The molecular weight excluding hydrogens is 512 g/mol. The molecule has 9 heteroatoms. The van der Waals surface area contributed by atoms with Crippen molar-refractivity contribution in [3.63, 3.8) is 0 Å². The van der Waals surface area contributed by atoms with Gasteiger partial charge in [0.05, 0.1) is 24.9 Å². The third-order valence-corrected chi connectivity index (χ3v) is 7.88. The van der Waals surface area contributed by atoms with Gasteiger partial charge < -0.3 is 20.2 Å². The van der Waals surface area contributed by atoms with E-state index < -0.39 is 6.10 Å². The van der Waals surface area contributed by atoms with Crippen molar-refractivity contribution in [3.05, 3.63) is 70.4 Å². The van der Waals surface area contributed by atoms with Crippen molar-refractivity contribution in [3.8, 4) is 11.3 Å². The number of benzene rings is 2. The van der Waals surface area contributed by atoms with Crippen molar-refractivity contribution in [2.75, 3.05) is 44.2 Å². The molecule has 2 N–H and O–H groups in total. The van der Waals surface area contributed by atoms with E-state index in [0.29, 0.717) is 37.6 Å². The minimum absolute atomic E-state index is 0.0599. The number of rotatable bonds is 7. The molecule has 208 valence electrons. The number of halogens is 1. The number of carbonyl (C=O) groups is 1. The molecule has 1 atom stereocenters. The lowest BCUT2D eigenvalue weighted by molar-refractivity contribution is 0.0909. The summed E-state index contributed by atoms with van der Waals surface area (Å²) in [6.07, 6.45) is 0.155. The van der Waals surface area contributed by atoms with E-state index in [2.05, 4.69) is 46.3 Å². The fourth-order valence-corrected chi connectivity index (χ4v) is 5.76. The first kappa shape index (κ1) is 27.5. The van der Waals surface area contributed by atoms with Crippen LogP contribution in [0.4, 0.5) is 10.5 Å². The molecule has 1 fully saturated rings. The molecule has 0 radical (unpaired) electrons. The van der Waals surface area contributed by atoms with E-state index >= 15 is 0 Å². The van der Waals surface area contributed by atoms with Gasteiger partial charge in [-0.25, -0.2) is 4.79 Å². The molecule has 1 saturated heterocycles. The number of hydrogen-bond donors (Lipinski definition) is 2. The SMILES string of the molecule is Cc1ccccc1N1CCN(CC(O)Cn2nc(-c3ccc(Cl)cc3)c3c2CCN(C(=O)NC(C)C)C3)CC1. The first-order valence-corrected chi connectivity index (χ1v) is 14.3. The molecule has 1 aromatic heterocycles. The van der Waals surface area contributed by atoms with E-state index in [1.807, 2.05) is 47.7 Å². The number of nitrogens with one attached hydrogen (secondary N) is 1. The number of anilines is 1. The number of nitrogens with zero attached hydrogens (tertiary/aromatic N) is 5. The van der Waals surface area contributed by atoms with Gasteiger partial charge >= 0.3 is 6.03 Å². The Morgan fingerprint density at radius 1 is 1.03 bits per heavy atom. The molecule has 3 aromatic rings. The highest BCUT2D eigenvalue weighted by Gasteiger charge is 2.29. The van der Waals surface area contributed by atoms with Crippen LogP contribution in [0, 0.1) is 6.92 Å². The summed E-state index contributed by atoms with van der Waals surface area (Å²) in [5, 5.41) is 19.8. The normalized spacial score (nSPS) is 16.9. The minimum Gasteiger partial charge on any atom is -0.390 e. The predicted octanol–water partition coefficient (Wildman–Crippen LogP) is 4.17. The van der Waals surface area contributed by atoms with Crippen LogP contribution < -0.4 is 10.2 Å². The Morgan fingerprint density at radius 2 is 1.74 bits per heavy atom. The van der Waals surface area contributed by atoms with Crippen LogP contribution in [0.3, 0.4) is 0 Å². The second-order valence-electron chi connectivity index (χ2n) is 11.0. The van der Waals surface area contributed by atoms with Crippen LogP contribution >= 0.6 is 11.6 Å². The first-order valence-electron chi connectivity index (χ1n) is 13.9. The van der Waals surface area contributed by atoms with Gasteiger partial charge in [-0.15, -0.1) is 0 Å². The van der Waals surface area contributed by atoms with Crippen molar-refractivity contribution in [1.82, 2.24) is 24.9 Å². The summed E-state index contributed by atoms with van der Waals surface area (Å²) in [5.74, 6) is 0. The summed E-state index contributed by atoms with van der Waals surface area (Å²) in [6.45, 7) is 12.0. The van der Waals surface area contributed by atoms with Crippen LogP contribution in [0.2, 0.25) is 5.02 Å². The lowest BCUT2D eigenvalue weighted by atomic mass is 10.0. The largest absolute Gasteiger partial charge is 0.390 e. The van der Waals surface area contributed by atoms with Gasteiger partial charge in [-0.1, -0.05) is 41.9 Å². The van der Waals surface area contributed by atoms with E-state index in [1.165, 1.54) is 11.3 Å². The number of aliphatic hydroxyl groups excluding tert-OH is 1. The van der Waals surface area contributed by atoms with Gasteiger partial charge in [0.15, 0.2) is 0 Å². The maximum atomic E-state index is 12.8. The number of hydrogen-bond acceptors (Lipinski definition) is 5. The highest BCUT2D eigenvalue weighted by molar-refractivity contribution is 6.30. The number of β-amino-alcohol motifs (C(OH)–C–C–N with tert-alkyl or cyclic N) is 1. The molecule has 2 aromatic carbocycles. The lowest BCUT2D eigenvalue weighted by Gasteiger charge is -2.37. The number of para-hydroxylation sites is 1. The summed E-state index contributed by atoms with van der Waals surface area (Å²) in [4.78, 5) is 19.4. The Bertz CT molecular complexity index is 1280. The zero-order chi connectivity index (χ0) is 27.5. The van der Waals surface area contributed by atoms with Crippen molar-refractivity contribution in [1.29, 1.82) is 0 Å². The van der Waals surface area contributed by atoms with Crippen molar-refractivity contribution in [2.45, 2.75) is 52.4 Å². The number of urea groups is 1. The monoisotopic (exact) mass is 550 g/mol. The Kier molecular flexibility index (Phi) is 8.45. The van der Waals surface area contributed by atoms with Gasteiger partial charge in [0.2, 0.25) is 0 Å². The first-order chi connectivity index (χ1) is 18.8. The molecule has 0 spiro atoms. The number of amides is 2. The van der Waals surface area contributed by atoms with E-state index in [4.69, 9.17) is 16.7 Å². The molecule has 39 heavy (non-hydrogen) atoms. The van der Waals surface area contributed by atoms with E-state index in [-0.39, 0.29) is 12.1 Å². The van der Waals surface area contributed by atoms with Crippen LogP contribution in [0.15, 0.2) is 48.5 Å². The predicted molar refractivity (Wildman–Crippen MR) is 156 cm³/mol. The molecule has 8 nitrogen and oxygen atoms in total. The van der Waals surface area contributed by atoms with Crippen LogP contribution in [0.1, 0.15) is 30.7 Å². The van der Waals surface area contributed by atoms with Gasteiger partial charge in [0.25, 0.3) is 0 Å². The van der Waals surface area contributed by atoms with E-state index in [9.17, 15) is 9.90 Å². The van der Waals surface area contributed by atoms with Crippen LogP contribution in [-0.4, -0.2) is 82.1 Å². The number of carbonyl (C=O) groups excluding carboxylic acids is 1. The molecule has 0 aliphatic carbocycles. The summed E-state index contributed by atoms with van der Waals surface area (Å²) in [5.41, 5.74) is 6.54. The third kappa shape index (κ3) is 6.40. The maximum Gasteiger partial charge on any atom is 0.317 e. The topological polar surface area (TPSA) is 76.9 Å². The molecule has 0 saturated carbocycles.